The number of hydrogen-bond donors (Lipinski definition) is 1. The molecule has 0 aromatic heterocycles. The predicted molar refractivity (Wildman–Crippen MR) is 94.1 cm³/mol. The van der Waals surface area contributed by atoms with E-state index < -0.39 is 46.3 Å². The van der Waals surface area contributed by atoms with Crippen LogP contribution in [0.1, 0.15) is 24.5 Å². The fourth-order valence-electron chi connectivity index (χ4n) is 2.06. The zero-order valence-corrected chi connectivity index (χ0v) is 17.3. The average molecular weight is 527 g/mol. The minimum Gasteiger partial charge on any atom is -0.465 e. The van der Waals surface area contributed by atoms with E-state index in [1.165, 1.54) is 6.92 Å². The van der Waals surface area contributed by atoms with Crippen LogP contribution in [-0.2, 0) is 30.8 Å². The molecule has 0 heterocycles. The number of carbonyl (C=O) groups is 2. The number of aliphatic hydroxyl groups is 1. The molecule has 146 valence electrons. The maximum atomic E-state index is 12.9. The van der Waals surface area contributed by atoms with Gasteiger partial charge in [0, 0.05) is 20.4 Å². The Hall–Kier alpha value is -0.840. The summed E-state index contributed by atoms with van der Waals surface area (Å²) in [5, 5.41) is 10.6. The lowest BCUT2D eigenvalue weighted by molar-refractivity contribution is -0.173. The highest BCUT2D eigenvalue weighted by Crippen LogP contribution is 2.42. The normalized spacial score (nSPS) is 13.8. The molecule has 1 N–H and O–H groups in total. The van der Waals surface area contributed by atoms with E-state index in [1.54, 1.807) is 0 Å². The van der Waals surface area contributed by atoms with Gasteiger partial charge in [-0.2, -0.15) is 13.2 Å². The molecule has 0 saturated carbocycles. The van der Waals surface area contributed by atoms with Crippen molar-refractivity contribution in [3.8, 4) is 0 Å². The molecule has 1 atom stereocenters. The first-order valence-electron chi connectivity index (χ1n) is 7.15. The van der Waals surface area contributed by atoms with Crippen LogP contribution in [0.25, 0.3) is 0 Å². The van der Waals surface area contributed by atoms with Crippen molar-refractivity contribution in [2.24, 2.45) is 0 Å². The minimum atomic E-state index is -4.69. The Bertz CT molecular complexity index is 661. The van der Waals surface area contributed by atoms with Crippen molar-refractivity contribution in [3.63, 3.8) is 0 Å². The third-order valence-corrected chi connectivity index (χ3v) is 4.38. The van der Waals surface area contributed by atoms with Gasteiger partial charge in [-0.15, -0.1) is 0 Å². The van der Waals surface area contributed by atoms with Gasteiger partial charge in [-0.25, -0.2) is 4.79 Å². The largest absolute Gasteiger partial charge is 0.465 e. The molecule has 1 aromatic carbocycles. The van der Waals surface area contributed by atoms with Crippen LogP contribution in [0.2, 0.25) is 5.02 Å². The molecule has 1 rings (SSSR count). The number of benzene rings is 1. The van der Waals surface area contributed by atoms with E-state index >= 15 is 0 Å². The van der Waals surface area contributed by atoms with Crippen LogP contribution in [0.4, 0.5) is 13.2 Å². The molecular weight excluding hydrogens is 512 g/mol. The Morgan fingerprint density at radius 2 is 1.88 bits per heavy atom. The lowest BCUT2D eigenvalue weighted by Gasteiger charge is -2.28. The van der Waals surface area contributed by atoms with E-state index in [1.807, 2.05) is 0 Å². The molecule has 1 unspecified atom stereocenters. The number of ether oxygens (including phenoxy) is 2. The molecule has 0 aliphatic heterocycles. The third-order valence-electron chi connectivity index (χ3n) is 3.14. The second-order valence-electron chi connectivity index (χ2n) is 4.98. The van der Waals surface area contributed by atoms with E-state index in [9.17, 15) is 27.9 Å². The van der Waals surface area contributed by atoms with Crippen molar-refractivity contribution in [1.29, 1.82) is 0 Å². The number of hydrogen-bond acceptors (Lipinski definition) is 5. The minimum absolute atomic E-state index is 0.0281. The van der Waals surface area contributed by atoms with Crippen LogP contribution in [0.3, 0.4) is 0 Å². The summed E-state index contributed by atoms with van der Waals surface area (Å²) in [5.41, 5.74) is -4.13. The Labute approximate surface area is 169 Å². The van der Waals surface area contributed by atoms with Gasteiger partial charge >= 0.3 is 18.1 Å². The van der Waals surface area contributed by atoms with Crippen LogP contribution < -0.4 is 0 Å². The van der Waals surface area contributed by atoms with E-state index in [2.05, 4.69) is 31.9 Å². The predicted octanol–water partition coefficient (Wildman–Crippen LogP) is 4.20. The SMILES string of the molecule is CCOC(=O)C(O)(CC(=O)OCCBr)c1c(Cl)cc(C(F)(F)F)cc1Br. The maximum absolute atomic E-state index is 12.9. The molecule has 0 fully saturated rings. The Balaban J connectivity index is 3.43. The van der Waals surface area contributed by atoms with Crippen molar-refractivity contribution in [1.82, 2.24) is 0 Å². The molecule has 0 spiro atoms. The van der Waals surface area contributed by atoms with Gasteiger partial charge in [-0.1, -0.05) is 43.5 Å². The van der Waals surface area contributed by atoms with Gasteiger partial charge in [-0.05, 0) is 19.1 Å². The smallest absolute Gasteiger partial charge is 0.416 e. The van der Waals surface area contributed by atoms with E-state index in [-0.39, 0.29) is 17.7 Å². The van der Waals surface area contributed by atoms with Crippen LogP contribution in [0.5, 0.6) is 0 Å². The Morgan fingerprint density at radius 1 is 1.27 bits per heavy atom. The van der Waals surface area contributed by atoms with Crippen LogP contribution in [0, 0.1) is 0 Å². The van der Waals surface area contributed by atoms with Crippen molar-refractivity contribution >= 4 is 55.4 Å². The zero-order valence-electron chi connectivity index (χ0n) is 13.3. The molecule has 0 aliphatic carbocycles. The first-order chi connectivity index (χ1) is 12.0. The highest BCUT2D eigenvalue weighted by molar-refractivity contribution is 9.10. The average Bonchev–Trinajstić information content (AvgIpc) is 2.51. The zero-order chi connectivity index (χ0) is 20.1. The monoisotopic (exact) mass is 524 g/mol. The summed E-state index contributed by atoms with van der Waals surface area (Å²) < 4.78 is 47.9. The van der Waals surface area contributed by atoms with E-state index in [4.69, 9.17) is 21.1 Å². The van der Waals surface area contributed by atoms with Gasteiger partial charge < -0.3 is 14.6 Å². The molecule has 1 aromatic rings. The number of halogens is 6. The van der Waals surface area contributed by atoms with Gasteiger partial charge in [0.2, 0.25) is 0 Å². The molecule has 0 aliphatic rings. The summed E-state index contributed by atoms with van der Waals surface area (Å²) in [4.78, 5) is 24.2. The van der Waals surface area contributed by atoms with Crippen LogP contribution >= 0.6 is 43.5 Å². The summed E-state index contributed by atoms with van der Waals surface area (Å²) in [5.74, 6) is -2.19. The first-order valence-corrected chi connectivity index (χ1v) is 9.44. The van der Waals surface area contributed by atoms with Crippen molar-refractivity contribution in [2.75, 3.05) is 18.5 Å². The number of rotatable bonds is 7. The second-order valence-corrected chi connectivity index (χ2v) is 7.03. The Kier molecular flexibility index (Phi) is 8.37. The summed E-state index contributed by atoms with van der Waals surface area (Å²) in [7, 11) is 0. The fraction of sp³-hybridized carbons (Fsp3) is 0.467. The van der Waals surface area contributed by atoms with Crippen LogP contribution in [-0.4, -0.2) is 35.6 Å². The van der Waals surface area contributed by atoms with Gasteiger partial charge in [0.25, 0.3) is 0 Å². The van der Waals surface area contributed by atoms with Crippen LogP contribution in [0.15, 0.2) is 16.6 Å². The molecule has 0 radical (unpaired) electrons. The molecular formula is C15H14Br2ClF3O5. The van der Waals surface area contributed by atoms with E-state index in [0.717, 1.165) is 0 Å². The standard InChI is InChI=1S/C15H14Br2ClF3O5/c1-2-25-13(23)14(24,7-11(22)26-4-3-16)12-9(17)5-8(6-10(12)18)15(19,20)21/h5-6,24H,2-4,7H2,1H3. The molecule has 0 amide bonds. The quantitative estimate of drug-likeness (QED) is 0.426. The summed E-state index contributed by atoms with van der Waals surface area (Å²) in [6, 6.07) is 1.20. The van der Waals surface area contributed by atoms with E-state index in [0.29, 0.717) is 17.5 Å². The number of esters is 2. The molecule has 0 bridgehead atoms. The van der Waals surface area contributed by atoms with Gasteiger partial charge in [0.05, 0.1) is 18.6 Å². The van der Waals surface area contributed by atoms with Crippen molar-refractivity contribution in [3.05, 3.63) is 32.8 Å². The fourth-order valence-corrected chi connectivity index (χ4v) is 3.50. The number of alkyl halides is 4. The molecule has 26 heavy (non-hydrogen) atoms. The Morgan fingerprint density at radius 3 is 2.35 bits per heavy atom. The third kappa shape index (κ3) is 5.58. The lowest BCUT2D eigenvalue weighted by atomic mass is 9.89. The van der Waals surface area contributed by atoms with Gasteiger partial charge in [0.1, 0.15) is 6.61 Å². The van der Waals surface area contributed by atoms with Crippen molar-refractivity contribution < 1.29 is 37.3 Å². The second kappa shape index (κ2) is 9.38. The highest BCUT2D eigenvalue weighted by Gasteiger charge is 2.46. The highest BCUT2D eigenvalue weighted by atomic mass is 79.9. The molecule has 5 nitrogen and oxygen atoms in total. The van der Waals surface area contributed by atoms with Gasteiger partial charge in [0.15, 0.2) is 5.60 Å². The van der Waals surface area contributed by atoms with Gasteiger partial charge in [-0.3, -0.25) is 4.79 Å². The summed E-state index contributed by atoms with van der Waals surface area (Å²) >= 11 is 11.8. The summed E-state index contributed by atoms with van der Waals surface area (Å²) in [6.07, 6.45) is -5.58. The number of carbonyl (C=O) groups excluding carboxylic acids is 2. The topological polar surface area (TPSA) is 72.8 Å². The first kappa shape index (κ1) is 23.2. The maximum Gasteiger partial charge on any atom is 0.416 e. The summed E-state index contributed by atoms with van der Waals surface area (Å²) in [6.45, 7) is 1.30. The molecule has 0 saturated heterocycles. The van der Waals surface area contributed by atoms with Crippen molar-refractivity contribution in [2.45, 2.75) is 25.1 Å². The molecule has 11 heteroatoms. The lowest BCUT2D eigenvalue weighted by Crippen LogP contribution is -2.40.